The molecule has 0 unspecified atom stereocenters. The summed E-state index contributed by atoms with van der Waals surface area (Å²) in [5.41, 5.74) is 1.81. The summed E-state index contributed by atoms with van der Waals surface area (Å²) in [6.45, 7) is 0. The van der Waals surface area contributed by atoms with Gasteiger partial charge in [0.25, 0.3) is 5.69 Å². The molecule has 2 aromatic rings. The average molecular weight is 324 g/mol. The van der Waals surface area contributed by atoms with Crippen LogP contribution < -0.4 is 0 Å². The zero-order valence-electron chi connectivity index (χ0n) is 8.18. The van der Waals surface area contributed by atoms with E-state index in [1.807, 2.05) is 24.3 Å². The fourth-order valence-electron chi connectivity index (χ4n) is 1.40. The Balaban J connectivity index is 2.53. The molecule has 0 aliphatic rings. The molecular weight excluding hydrogens is 317 g/mol. The third-order valence-corrected chi connectivity index (χ3v) is 3.10. The zero-order valence-corrected chi connectivity index (χ0v) is 10.3. The van der Waals surface area contributed by atoms with Crippen molar-refractivity contribution in [2.45, 2.75) is 0 Å². The summed E-state index contributed by atoms with van der Waals surface area (Å²) in [7, 11) is 0. The van der Waals surface area contributed by atoms with Gasteiger partial charge in [-0.25, -0.2) is 0 Å². The average Bonchev–Trinajstić information content (AvgIpc) is 2.30. The van der Waals surface area contributed by atoms with Gasteiger partial charge in [-0.3, -0.25) is 10.1 Å². The Morgan fingerprint density at radius 1 is 1.25 bits per heavy atom. The van der Waals surface area contributed by atoms with Crippen molar-refractivity contribution in [2.75, 3.05) is 0 Å². The van der Waals surface area contributed by atoms with E-state index in [1.54, 1.807) is 6.07 Å². The first kappa shape index (κ1) is 11.1. The van der Waals surface area contributed by atoms with E-state index in [1.165, 1.54) is 12.1 Å². The predicted molar refractivity (Wildman–Crippen MR) is 70.1 cm³/mol. The standard InChI is InChI=1S/C12H7INO2/c13-12-7-2-1-6-11(12)9-4-3-5-10(8-9)14(15)16/h1-3,5-8H. The third-order valence-electron chi connectivity index (χ3n) is 2.16. The number of halogens is 1. The summed E-state index contributed by atoms with van der Waals surface area (Å²) < 4.78 is 1.05. The van der Waals surface area contributed by atoms with E-state index in [2.05, 4.69) is 28.7 Å². The van der Waals surface area contributed by atoms with Crippen LogP contribution in [0, 0.1) is 19.8 Å². The Kier molecular flexibility index (Phi) is 3.19. The molecule has 0 aliphatic carbocycles. The molecule has 0 bridgehead atoms. The Morgan fingerprint density at radius 2 is 2.00 bits per heavy atom. The summed E-state index contributed by atoms with van der Waals surface area (Å²) in [5.74, 6) is 0. The van der Waals surface area contributed by atoms with Crippen molar-refractivity contribution in [3.8, 4) is 11.1 Å². The van der Waals surface area contributed by atoms with Crippen molar-refractivity contribution < 1.29 is 4.92 Å². The molecule has 0 N–H and O–H groups in total. The van der Waals surface area contributed by atoms with Gasteiger partial charge in [0.2, 0.25) is 0 Å². The molecule has 0 heterocycles. The van der Waals surface area contributed by atoms with Crippen molar-refractivity contribution >= 4 is 28.3 Å². The molecule has 2 rings (SSSR count). The van der Waals surface area contributed by atoms with E-state index < -0.39 is 4.92 Å². The molecule has 0 saturated heterocycles. The van der Waals surface area contributed by atoms with Gasteiger partial charge in [-0.2, -0.15) is 0 Å². The maximum atomic E-state index is 10.7. The Morgan fingerprint density at radius 3 is 2.69 bits per heavy atom. The van der Waals surface area contributed by atoms with E-state index in [9.17, 15) is 10.1 Å². The smallest absolute Gasteiger partial charge is 0.258 e. The number of non-ortho nitro benzene ring substituents is 1. The second-order valence-corrected chi connectivity index (χ2v) is 4.36. The number of hydrogen-bond donors (Lipinski definition) is 0. The lowest BCUT2D eigenvalue weighted by Crippen LogP contribution is -1.89. The second kappa shape index (κ2) is 4.61. The highest BCUT2D eigenvalue weighted by Crippen LogP contribution is 2.27. The normalized spacial score (nSPS) is 10.1. The molecule has 0 spiro atoms. The van der Waals surface area contributed by atoms with Gasteiger partial charge in [0.1, 0.15) is 0 Å². The lowest BCUT2D eigenvalue weighted by atomic mass is 10.1. The van der Waals surface area contributed by atoms with E-state index in [0.717, 1.165) is 14.7 Å². The second-order valence-electron chi connectivity index (χ2n) is 3.20. The highest BCUT2D eigenvalue weighted by molar-refractivity contribution is 14.1. The first-order valence-corrected chi connectivity index (χ1v) is 5.67. The predicted octanol–water partition coefficient (Wildman–Crippen LogP) is 3.67. The molecule has 0 saturated carbocycles. The summed E-state index contributed by atoms with van der Waals surface area (Å²) in [6, 6.07) is 15.3. The summed E-state index contributed by atoms with van der Waals surface area (Å²) in [4.78, 5) is 10.3. The molecule has 0 fully saturated rings. The fraction of sp³-hybridized carbons (Fsp3) is 0. The Bertz CT molecular complexity index is 540. The number of benzene rings is 2. The van der Waals surface area contributed by atoms with Crippen LogP contribution in [0.15, 0.2) is 42.5 Å². The Hall–Kier alpha value is -1.43. The summed E-state index contributed by atoms with van der Waals surface area (Å²) >= 11 is 2.20. The van der Waals surface area contributed by atoms with Crippen molar-refractivity contribution in [2.24, 2.45) is 0 Å². The first-order valence-electron chi connectivity index (χ1n) is 4.59. The quantitative estimate of drug-likeness (QED) is 0.481. The van der Waals surface area contributed by atoms with Crippen molar-refractivity contribution in [3.63, 3.8) is 0 Å². The summed E-state index contributed by atoms with van der Waals surface area (Å²) in [6.07, 6.45) is 0. The van der Waals surface area contributed by atoms with E-state index in [0.29, 0.717) is 0 Å². The van der Waals surface area contributed by atoms with Crippen LogP contribution in [0.4, 0.5) is 5.69 Å². The number of nitro benzene ring substituents is 1. The van der Waals surface area contributed by atoms with Crippen LogP contribution in [-0.4, -0.2) is 4.92 Å². The Labute approximate surface area is 106 Å². The monoisotopic (exact) mass is 324 g/mol. The maximum Gasteiger partial charge on any atom is 0.270 e. The first-order chi connectivity index (χ1) is 7.68. The van der Waals surface area contributed by atoms with Crippen molar-refractivity contribution in [1.29, 1.82) is 0 Å². The molecule has 0 aliphatic heterocycles. The van der Waals surface area contributed by atoms with Gasteiger partial charge in [-0.05, 0) is 51.9 Å². The lowest BCUT2D eigenvalue weighted by molar-refractivity contribution is -0.384. The van der Waals surface area contributed by atoms with Crippen LogP contribution >= 0.6 is 22.6 Å². The molecule has 1 radical (unpaired) electrons. The fourth-order valence-corrected chi connectivity index (χ4v) is 2.08. The maximum absolute atomic E-state index is 10.7. The molecule has 3 nitrogen and oxygen atoms in total. The van der Waals surface area contributed by atoms with Crippen LogP contribution in [0.2, 0.25) is 0 Å². The van der Waals surface area contributed by atoms with Gasteiger partial charge >= 0.3 is 0 Å². The van der Waals surface area contributed by atoms with Crippen LogP contribution in [0.5, 0.6) is 0 Å². The minimum atomic E-state index is -0.396. The number of nitrogens with zero attached hydrogens (tertiary/aromatic N) is 1. The molecule has 79 valence electrons. The van der Waals surface area contributed by atoms with Gasteiger partial charge < -0.3 is 0 Å². The van der Waals surface area contributed by atoms with Gasteiger partial charge in [0, 0.05) is 15.7 Å². The summed E-state index contributed by atoms with van der Waals surface area (Å²) in [5, 5.41) is 10.7. The van der Waals surface area contributed by atoms with Crippen LogP contribution in [0.25, 0.3) is 11.1 Å². The van der Waals surface area contributed by atoms with Crippen LogP contribution in [-0.2, 0) is 0 Å². The van der Waals surface area contributed by atoms with E-state index in [-0.39, 0.29) is 5.69 Å². The molecule has 16 heavy (non-hydrogen) atoms. The van der Waals surface area contributed by atoms with E-state index >= 15 is 0 Å². The van der Waals surface area contributed by atoms with Crippen molar-refractivity contribution in [1.82, 2.24) is 0 Å². The molecule has 4 heteroatoms. The number of nitro groups is 1. The molecule has 0 atom stereocenters. The lowest BCUT2D eigenvalue weighted by Gasteiger charge is -2.03. The molecule has 0 amide bonds. The largest absolute Gasteiger partial charge is 0.270 e. The minimum Gasteiger partial charge on any atom is -0.258 e. The third kappa shape index (κ3) is 2.21. The van der Waals surface area contributed by atoms with Gasteiger partial charge in [0.15, 0.2) is 0 Å². The van der Waals surface area contributed by atoms with Crippen LogP contribution in [0.3, 0.4) is 0 Å². The SMILES string of the molecule is O=[N+]([O-])c1cc[c]c(-c2ccccc2I)c1. The van der Waals surface area contributed by atoms with Gasteiger partial charge in [-0.1, -0.05) is 18.2 Å². The number of hydrogen-bond acceptors (Lipinski definition) is 2. The zero-order chi connectivity index (χ0) is 11.5. The highest BCUT2D eigenvalue weighted by Gasteiger charge is 2.08. The molecule has 0 aromatic heterocycles. The molecule has 2 aromatic carbocycles. The minimum absolute atomic E-state index is 0.0911. The van der Waals surface area contributed by atoms with Gasteiger partial charge in [0.05, 0.1) is 4.92 Å². The molecular formula is C12H7INO2. The van der Waals surface area contributed by atoms with Gasteiger partial charge in [-0.15, -0.1) is 0 Å². The highest BCUT2D eigenvalue weighted by atomic mass is 127. The van der Waals surface area contributed by atoms with Crippen LogP contribution in [0.1, 0.15) is 0 Å². The van der Waals surface area contributed by atoms with E-state index in [4.69, 9.17) is 0 Å². The van der Waals surface area contributed by atoms with Crippen molar-refractivity contribution in [3.05, 3.63) is 62.2 Å². The topological polar surface area (TPSA) is 43.1 Å². The number of rotatable bonds is 2.